The van der Waals surface area contributed by atoms with Gasteiger partial charge in [-0.05, 0) is 48.2 Å². The summed E-state index contributed by atoms with van der Waals surface area (Å²) in [6.07, 6.45) is 9.21. The average Bonchev–Trinajstić information content (AvgIpc) is 2.76. The number of hydrogen-bond acceptors (Lipinski definition) is 6. The fraction of sp³-hybridized carbons (Fsp3) is 0.174. The van der Waals surface area contributed by atoms with Gasteiger partial charge in [-0.15, -0.1) is 0 Å². The van der Waals surface area contributed by atoms with Gasteiger partial charge in [0.1, 0.15) is 5.75 Å². The molecule has 4 rings (SSSR count). The molecule has 1 amide bonds. The Kier molecular flexibility index (Phi) is 5.48. The van der Waals surface area contributed by atoms with Gasteiger partial charge in [0.15, 0.2) is 0 Å². The predicted octanol–water partition coefficient (Wildman–Crippen LogP) is 3.39. The number of rotatable bonds is 6. The van der Waals surface area contributed by atoms with E-state index in [-0.39, 0.29) is 11.9 Å². The van der Waals surface area contributed by atoms with Gasteiger partial charge >= 0.3 is 6.01 Å². The van der Waals surface area contributed by atoms with E-state index in [0.717, 1.165) is 36.2 Å². The highest BCUT2D eigenvalue weighted by Crippen LogP contribution is 2.25. The number of nitrogens with zero attached hydrogens (tertiary/aromatic N) is 5. The van der Waals surface area contributed by atoms with Gasteiger partial charge in [0.05, 0.1) is 11.6 Å². The molecule has 3 heterocycles. The first kappa shape index (κ1) is 19.3. The molecule has 7 heteroatoms. The number of ether oxygens (including phenoxy) is 1. The average molecular weight is 397 g/mol. The normalized spacial score (nSPS) is 13.2. The van der Waals surface area contributed by atoms with Gasteiger partial charge in [0, 0.05) is 49.0 Å². The minimum absolute atomic E-state index is 0.0167. The van der Waals surface area contributed by atoms with Crippen molar-refractivity contribution in [3.05, 3.63) is 78.9 Å². The van der Waals surface area contributed by atoms with Crippen molar-refractivity contribution in [2.24, 2.45) is 5.92 Å². The summed E-state index contributed by atoms with van der Waals surface area (Å²) < 4.78 is 5.62. The fourth-order valence-corrected chi connectivity index (χ4v) is 3.35. The SMILES string of the molecule is C=CC(=O)N1CC(Cc2cncc(-c3cnc(Oc4cccc(C#N)c4)nc3)c2)C1. The Bertz CT molecular complexity index is 1110. The first-order valence-electron chi connectivity index (χ1n) is 9.50. The van der Waals surface area contributed by atoms with Crippen LogP contribution in [0.4, 0.5) is 0 Å². The predicted molar refractivity (Wildman–Crippen MR) is 110 cm³/mol. The number of carbonyl (C=O) groups is 1. The quantitative estimate of drug-likeness (QED) is 0.592. The molecule has 0 unspecified atom stereocenters. The Balaban J connectivity index is 1.41. The topological polar surface area (TPSA) is 92.0 Å². The van der Waals surface area contributed by atoms with E-state index in [1.54, 1.807) is 47.8 Å². The number of carbonyl (C=O) groups excluding carboxylic acids is 1. The molecule has 0 saturated carbocycles. The number of pyridine rings is 1. The number of benzene rings is 1. The molecule has 0 aliphatic carbocycles. The molecule has 0 radical (unpaired) electrons. The summed E-state index contributed by atoms with van der Waals surface area (Å²) in [5.41, 5.74) is 3.37. The summed E-state index contributed by atoms with van der Waals surface area (Å²) in [6.45, 7) is 5.01. The van der Waals surface area contributed by atoms with Crippen molar-refractivity contribution in [2.45, 2.75) is 6.42 Å². The van der Waals surface area contributed by atoms with Crippen LogP contribution in [0.15, 0.2) is 67.8 Å². The first-order chi connectivity index (χ1) is 14.6. The molecule has 0 atom stereocenters. The molecule has 148 valence electrons. The van der Waals surface area contributed by atoms with Crippen molar-refractivity contribution in [3.8, 4) is 29.0 Å². The highest BCUT2D eigenvalue weighted by atomic mass is 16.5. The second kappa shape index (κ2) is 8.53. The molecule has 7 nitrogen and oxygen atoms in total. The molecule has 0 bridgehead atoms. The zero-order valence-corrected chi connectivity index (χ0v) is 16.2. The molecule has 3 aromatic rings. The van der Waals surface area contributed by atoms with Crippen molar-refractivity contribution in [2.75, 3.05) is 13.1 Å². The Morgan fingerprint density at radius 3 is 2.73 bits per heavy atom. The van der Waals surface area contributed by atoms with Crippen molar-refractivity contribution in [3.63, 3.8) is 0 Å². The van der Waals surface area contributed by atoms with Crippen LogP contribution in [-0.4, -0.2) is 38.8 Å². The summed E-state index contributed by atoms with van der Waals surface area (Å²) >= 11 is 0. The van der Waals surface area contributed by atoms with Crippen LogP contribution in [-0.2, 0) is 11.2 Å². The van der Waals surface area contributed by atoms with E-state index in [1.165, 1.54) is 6.08 Å². The van der Waals surface area contributed by atoms with Crippen LogP contribution in [0.25, 0.3) is 11.1 Å². The standard InChI is InChI=1S/C23H19N5O2/c1-2-22(29)28-14-18(15-28)6-17-7-19(11-25-10-17)20-12-26-23(27-13-20)30-21-5-3-4-16(8-21)9-24/h2-5,7-8,10-13,18H,1,6,14-15H2. The maximum Gasteiger partial charge on any atom is 0.321 e. The number of aromatic nitrogens is 3. The lowest BCUT2D eigenvalue weighted by Gasteiger charge is -2.38. The molecule has 1 fully saturated rings. The molecular weight excluding hydrogens is 378 g/mol. The third-order valence-corrected chi connectivity index (χ3v) is 4.90. The highest BCUT2D eigenvalue weighted by molar-refractivity contribution is 5.87. The van der Waals surface area contributed by atoms with E-state index in [9.17, 15) is 4.79 Å². The van der Waals surface area contributed by atoms with Crippen LogP contribution in [0.2, 0.25) is 0 Å². The highest BCUT2D eigenvalue weighted by Gasteiger charge is 2.29. The van der Waals surface area contributed by atoms with E-state index < -0.39 is 0 Å². The van der Waals surface area contributed by atoms with Crippen molar-refractivity contribution in [1.29, 1.82) is 5.26 Å². The van der Waals surface area contributed by atoms with Gasteiger partial charge in [0.2, 0.25) is 5.91 Å². The third kappa shape index (κ3) is 4.33. The molecule has 1 aromatic carbocycles. The monoisotopic (exact) mass is 397 g/mol. The molecule has 30 heavy (non-hydrogen) atoms. The van der Waals surface area contributed by atoms with E-state index in [0.29, 0.717) is 17.2 Å². The van der Waals surface area contributed by atoms with Gasteiger partial charge in [-0.2, -0.15) is 5.26 Å². The Labute approximate surface area is 174 Å². The largest absolute Gasteiger partial charge is 0.424 e. The minimum atomic E-state index is -0.0167. The first-order valence-corrected chi connectivity index (χ1v) is 9.50. The summed E-state index contributed by atoms with van der Waals surface area (Å²) in [5.74, 6) is 0.925. The van der Waals surface area contributed by atoms with Gasteiger partial charge in [-0.1, -0.05) is 12.6 Å². The number of hydrogen-bond donors (Lipinski definition) is 0. The smallest absolute Gasteiger partial charge is 0.321 e. The van der Waals surface area contributed by atoms with Crippen molar-refractivity contribution >= 4 is 5.91 Å². The molecule has 2 aromatic heterocycles. The molecule has 0 spiro atoms. The number of likely N-dealkylation sites (tertiary alicyclic amines) is 1. The van der Waals surface area contributed by atoms with E-state index in [1.807, 2.05) is 6.20 Å². The minimum Gasteiger partial charge on any atom is -0.424 e. The zero-order valence-electron chi connectivity index (χ0n) is 16.2. The molecule has 1 saturated heterocycles. The van der Waals surface area contributed by atoms with Gasteiger partial charge < -0.3 is 9.64 Å². The molecule has 1 aliphatic heterocycles. The molecule has 1 aliphatic rings. The van der Waals surface area contributed by atoms with Crippen LogP contribution >= 0.6 is 0 Å². The van der Waals surface area contributed by atoms with Crippen LogP contribution in [0.3, 0.4) is 0 Å². The Hall–Kier alpha value is -4.05. The maximum atomic E-state index is 11.6. The lowest BCUT2D eigenvalue weighted by Crippen LogP contribution is -2.50. The second-order valence-electron chi connectivity index (χ2n) is 7.10. The lowest BCUT2D eigenvalue weighted by molar-refractivity contribution is -0.132. The van der Waals surface area contributed by atoms with Crippen LogP contribution in [0, 0.1) is 17.2 Å². The summed E-state index contributed by atoms with van der Waals surface area (Å²) in [7, 11) is 0. The van der Waals surface area contributed by atoms with E-state index >= 15 is 0 Å². The molecular formula is C23H19N5O2. The van der Waals surface area contributed by atoms with Gasteiger partial charge in [-0.3, -0.25) is 9.78 Å². The maximum absolute atomic E-state index is 11.6. The fourth-order valence-electron chi connectivity index (χ4n) is 3.35. The second-order valence-corrected chi connectivity index (χ2v) is 7.10. The van der Waals surface area contributed by atoms with Gasteiger partial charge in [-0.25, -0.2) is 9.97 Å². The van der Waals surface area contributed by atoms with Gasteiger partial charge in [0.25, 0.3) is 0 Å². The number of amides is 1. The number of nitriles is 1. The third-order valence-electron chi connectivity index (χ3n) is 4.90. The molecule has 0 N–H and O–H groups in total. The lowest BCUT2D eigenvalue weighted by atomic mass is 9.92. The van der Waals surface area contributed by atoms with E-state index in [2.05, 4.69) is 33.7 Å². The zero-order chi connectivity index (χ0) is 20.9. The summed E-state index contributed by atoms with van der Waals surface area (Å²) in [4.78, 5) is 26.2. The van der Waals surface area contributed by atoms with Crippen molar-refractivity contribution < 1.29 is 9.53 Å². The van der Waals surface area contributed by atoms with Crippen LogP contribution in [0.5, 0.6) is 11.8 Å². The summed E-state index contributed by atoms with van der Waals surface area (Å²) in [5, 5.41) is 8.97. The van der Waals surface area contributed by atoms with Crippen LogP contribution < -0.4 is 4.74 Å². The summed E-state index contributed by atoms with van der Waals surface area (Å²) in [6, 6.07) is 11.2. The van der Waals surface area contributed by atoms with E-state index in [4.69, 9.17) is 10.00 Å². The van der Waals surface area contributed by atoms with Crippen molar-refractivity contribution in [1.82, 2.24) is 19.9 Å². The Morgan fingerprint density at radius 2 is 2.00 bits per heavy atom. The Morgan fingerprint density at radius 1 is 1.20 bits per heavy atom. The van der Waals surface area contributed by atoms with Crippen LogP contribution in [0.1, 0.15) is 11.1 Å².